The number of carbonyl (C=O) groups excluding carboxylic acids is 1. The number of amides is 1. The van der Waals surface area contributed by atoms with Gasteiger partial charge in [0.15, 0.2) is 0 Å². The van der Waals surface area contributed by atoms with Gasteiger partial charge in [0.1, 0.15) is 6.04 Å². The molecule has 3 N–H and O–H groups in total. The summed E-state index contributed by atoms with van der Waals surface area (Å²) in [6, 6.07) is 13.4. The molecule has 0 radical (unpaired) electrons. The number of rotatable bonds is 2. The lowest BCUT2D eigenvalue weighted by Crippen LogP contribution is -2.19. The van der Waals surface area contributed by atoms with Crippen LogP contribution in [0.15, 0.2) is 56.7 Å². The predicted octanol–water partition coefficient (Wildman–Crippen LogP) is 3.55. The van der Waals surface area contributed by atoms with Gasteiger partial charge in [-0.3, -0.25) is 4.79 Å². The van der Waals surface area contributed by atoms with Gasteiger partial charge in [-0.15, -0.1) is 0 Å². The fraction of sp³-hybridized carbons (Fsp3) is 0.0714. The van der Waals surface area contributed by atoms with Gasteiger partial charge in [0.25, 0.3) is 0 Å². The van der Waals surface area contributed by atoms with Crippen LogP contribution < -0.4 is 11.1 Å². The van der Waals surface area contributed by atoms with Gasteiger partial charge < -0.3 is 11.1 Å². The number of halogens is 1. The van der Waals surface area contributed by atoms with E-state index in [4.69, 9.17) is 5.73 Å². The first-order valence-corrected chi connectivity index (χ1v) is 7.39. The van der Waals surface area contributed by atoms with Gasteiger partial charge in [-0.2, -0.15) is 0 Å². The molecular weight excluding hydrogens is 324 g/mol. The van der Waals surface area contributed by atoms with Crippen molar-refractivity contribution in [3.63, 3.8) is 0 Å². The molecule has 0 fully saturated rings. The van der Waals surface area contributed by atoms with Crippen molar-refractivity contribution in [2.45, 2.75) is 15.8 Å². The minimum atomic E-state index is -0.568. The minimum absolute atomic E-state index is 0.149. The summed E-state index contributed by atoms with van der Waals surface area (Å²) < 4.78 is 0.951. The molecule has 2 aromatic rings. The first-order chi connectivity index (χ1) is 9.15. The number of benzene rings is 2. The summed E-state index contributed by atoms with van der Waals surface area (Å²) in [7, 11) is 0. The van der Waals surface area contributed by atoms with E-state index in [0.717, 1.165) is 25.5 Å². The molecule has 19 heavy (non-hydrogen) atoms. The molecule has 0 spiro atoms. The van der Waals surface area contributed by atoms with E-state index in [1.807, 2.05) is 30.3 Å². The van der Waals surface area contributed by atoms with Crippen molar-refractivity contribution in [2.75, 3.05) is 5.32 Å². The molecule has 1 atom stereocenters. The minimum Gasteiger partial charge on any atom is -0.324 e. The SMILES string of the molecule is NC1C(=O)Nc2cc(Sc3ccccc3)c(Br)cc21. The Hall–Kier alpha value is -1.30. The summed E-state index contributed by atoms with van der Waals surface area (Å²) in [4.78, 5) is 13.8. The highest BCUT2D eigenvalue weighted by molar-refractivity contribution is 9.10. The van der Waals surface area contributed by atoms with Gasteiger partial charge in [0.2, 0.25) is 5.91 Å². The van der Waals surface area contributed by atoms with E-state index in [0.29, 0.717) is 0 Å². The zero-order chi connectivity index (χ0) is 13.4. The maximum absolute atomic E-state index is 11.6. The molecule has 5 heteroatoms. The highest BCUT2D eigenvalue weighted by Gasteiger charge is 2.28. The lowest BCUT2D eigenvalue weighted by atomic mass is 10.1. The second kappa shape index (κ2) is 5.00. The number of nitrogens with two attached hydrogens (primary N) is 1. The Labute approximate surface area is 123 Å². The number of hydrogen-bond donors (Lipinski definition) is 2. The van der Waals surface area contributed by atoms with Crippen molar-refractivity contribution in [3.8, 4) is 0 Å². The van der Waals surface area contributed by atoms with E-state index in [1.54, 1.807) is 11.8 Å². The van der Waals surface area contributed by atoms with Crippen LogP contribution in [-0.4, -0.2) is 5.91 Å². The van der Waals surface area contributed by atoms with Crippen LogP contribution in [-0.2, 0) is 4.79 Å². The van der Waals surface area contributed by atoms with E-state index in [1.165, 1.54) is 0 Å². The highest BCUT2D eigenvalue weighted by atomic mass is 79.9. The zero-order valence-electron chi connectivity index (χ0n) is 9.89. The maximum Gasteiger partial charge on any atom is 0.245 e. The molecule has 0 saturated carbocycles. The predicted molar refractivity (Wildman–Crippen MR) is 80.3 cm³/mol. The van der Waals surface area contributed by atoms with Crippen LogP contribution >= 0.6 is 27.7 Å². The van der Waals surface area contributed by atoms with Crippen molar-refractivity contribution >= 4 is 39.3 Å². The topological polar surface area (TPSA) is 55.1 Å². The third-order valence-electron chi connectivity index (χ3n) is 2.95. The Morgan fingerprint density at radius 2 is 1.95 bits per heavy atom. The van der Waals surface area contributed by atoms with Crippen LogP contribution in [0.25, 0.3) is 0 Å². The zero-order valence-corrected chi connectivity index (χ0v) is 12.3. The number of hydrogen-bond acceptors (Lipinski definition) is 3. The molecule has 0 saturated heterocycles. The van der Waals surface area contributed by atoms with Crippen molar-refractivity contribution in [2.24, 2.45) is 5.73 Å². The number of anilines is 1. The van der Waals surface area contributed by atoms with E-state index in [9.17, 15) is 4.79 Å². The van der Waals surface area contributed by atoms with Crippen LogP contribution in [0, 0.1) is 0 Å². The molecule has 1 aliphatic heterocycles. The lowest BCUT2D eigenvalue weighted by molar-refractivity contribution is -0.116. The van der Waals surface area contributed by atoms with Crippen molar-refractivity contribution < 1.29 is 4.79 Å². The van der Waals surface area contributed by atoms with E-state index < -0.39 is 6.04 Å². The summed E-state index contributed by atoms with van der Waals surface area (Å²) >= 11 is 5.18. The first-order valence-electron chi connectivity index (χ1n) is 5.78. The summed E-state index contributed by atoms with van der Waals surface area (Å²) in [6.07, 6.45) is 0. The maximum atomic E-state index is 11.6. The Morgan fingerprint density at radius 3 is 2.68 bits per heavy atom. The highest BCUT2D eigenvalue weighted by Crippen LogP contribution is 2.40. The first kappa shape index (κ1) is 12.7. The van der Waals surface area contributed by atoms with Crippen molar-refractivity contribution in [1.82, 2.24) is 0 Å². The van der Waals surface area contributed by atoms with Gasteiger partial charge in [0.05, 0.1) is 0 Å². The molecule has 1 unspecified atom stereocenters. The quantitative estimate of drug-likeness (QED) is 0.882. The molecule has 1 aliphatic rings. The number of fused-ring (bicyclic) bond motifs is 1. The Balaban J connectivity index is 1.97. The fourth-order valence-corrected chi connectivity index (χ4v) is 3.46. The summed E-state index contributed by atoms with van der Waals surface area (Å²) in [5, 5.41) is 2.80. The molecular formula is C14H11BrN2OS. The normalized spacial score (nSPS) is 17.2. The van der Waals surface area contributed by atoms with E-state index >= 15 is 0 Å². The standard InChI is InChI=1S/C14H11BrN2OS/c15-10-6-9-11(17-14(18)13(9)16)7-12(10)19-8-4-2-1-3-5-8/h1-7,13H,16H2,(H,17,18). The van der Waals surface area contributed by atoms with Crippen molar-refractivity contribution in [1.29, 1.82) is 0 Å². The molecule has 3 nitrogen and oxygen atoms in total. The Kier molecular flexibility index (Phi) is 3.35. The monoisotopic (exact) mass is 334 g/mol. The number of carbonyl (C=O) groups is 1. The Morgan fingerprint density at radius 1 is 1.21 bits per heavy atom. The summed E-state index contributed by atoms with van der Waals surface area (Å²) in [5.74, 6) is -0.149. The van der Waals surface area contributed by atoms with Crippen LogP contribution in [0.2, 0.25) is 0 Å². The second-order valence-electron chi connectivity index (χ2n) is 4.25. The molecule has 96 valence electrons. The van der Waals surface area contributed by atoms with Crippen LogP contribution in [0.3, 0.4) is 0 Å². The van der Waals surface area contributed by atoms with E-state index in [-0.39, 0.29) is 5.91 Å². The van der Waals surface area contributed by atoms with Crippen molar-refractivity contribution in [3.05, 3.63) is 52.5 Å². The molecule has 0 aliphatic carbocycles. The van der Waals surface area contributed by atoms with Gasteiger partial charge in [-0.25, -0.2) is 0 Å². The average Bonchev–Trinajstić information content (AvgIpc) is 2.67. The third-order valence-corrected chi connectivity index (χ3v) is 4.93. The molecule has 2 aromatic carbocycles. The van der Waals surface area contributed by atoms with Crippen LogP contribution in [0.1, 0.15) is 11.6 Å². The summed E-state index contributed by atoms with van der Waals surface area (Å²) in [5.41, 5.74) is 7.47. The number of nitrogens with one attached hydrogen (secondary N) is 1. The molecule has 0 aromatic heterocycles. The van der Waals surface area contributed by atoms with Gasteiger partial charge in [-0.1, -0.05) is 30.0 Å². The largest absolute Gasteiger partial charge is 0.324 e. The van der Waals surface area contributed by atoms with Gasteiger partial charge >= 0.3 is 0 Å². The molecule has 1 amide bonds. The smallest absolute Gasteiger partial charge is 0.245 e. The van der Waals surface area contributed by atoms with Crippen LogP contribution in [0.5, 0.6) is 0 Å². The second-order valence-corrected chi connectivity index (χ2v) is 6.22. The molecule has 1 heterocycles. The lowest BCUT2D eigenvalue weighted by Gasteiger charge is -2.08. The fourth-order valence-electron chi connectivity index (χ4n) is 1.98. The van der Waals surface area contributed by atoms with Gasteiger partial charge in [0, 0.05) is 25.5 Å². The van der Waals surface area contributed by atoms with E-state index in [2.05, 4.69) is 33.4 Å². The summed E-state index contributed by atoms with van der Waals surface area (Å²) in [6.45, 7) is 0. The molecule has 3 rings (SSSR count). The Bertz CT molecular complexity index is 645. The average molecular weight is 335 g/mol. The third kappa shape index (κ3) is 2.41. The van der Waals surface area contributed by atoms with Gasteiger partial charge in [-0.05, 0) is 40.2 Å². The van der Waals surface area contributed by atoms with Crippen LogP contribution in [0.4, 0.5) is 5.69 Å². The molecule has 0 bridgehead atoms.